The smallest absolute Gasteiger partial charge is 1.00 e. The Morgan fingerprint density at radius 1 is 0.750 bits per heavy atom. The molecule has 0 atom stereocenters. The van der Waals surface area contributed by atoms with Gasteiger partial charge in [0, 0.05) is 11.1 Å². The summed E-state index contributed by atoms with van der Waals surface area (Å²) in [5.41, 5.74) is 6.90. The number of hydrogen-bond donors (Lipinski definition) is 0. The SMILES string of the molecule is Cc1cc(C(C)(C)C)c([O-])c(-c2c(C)c(C)cc(C(C)(C)C)c2OC(=O)c2ccccc2)c1C.[Cl-].[Mg+2]. The van der Waals surface area contributed by atoms with E-state index in [1.165, 1.54) is 0 Å². The summed E-state index contributed by atoms with van der Waals surface area (Å²) in [6, 6.07) is 13.1. The fourth-order valence-electron chi connectivity index (χ4n) is 4.33. The molecule has 3 aromatic rings. The first-order chi connectivity index (χ1) is 15.6. The van der Waals surface area contributed by atoms with Crippen LogP contribution in [0.1, 0.15) is 85.3 Å². The predicted molar refractivity (Wildman–Crippen MR) is 145 cm³/mol. The van der Waals surface area contributed by atoms with Crippen LogP contribution in [0, 0.1) is 27.7 Å². The van der Waals surface area contributed by atoms with Gasteiger partial charge in [-0.1, -0.05) is 77.6 Å². The van der Waals surface area contributed by atoms with E-state index in [4.69, 9.17) is 4.74 Å². The van der Waals surface area contributed by atoms with Crippen molar-refractivity contribution in [2.24, 2.45) is 0 Å². The van der Waals surface area contributed by atoms with Gasteiger partial charge in [0.15, 0.2) is 0 Å². The van der Waals surface area contributed by atoms with Gasteiger partial charge in [-0.05, 0) is 84.0 Å². The van der Waals surface area contributed by atoms with Gasteiger partial charge in [-0.3, -0.25) is 0 Å². The second kappa shape index (κ2) is 11.6. The molecule has 0 unspecified atom stereocenters. The number of aryl methyl sites for hydroxylation is 2. The molecule has 3 nitrogen and oxygen atoms in total. The molecule has 0 radical (unpaired) electrons. The second-order valence-corrected chi connectivity index (χ2v) is 11.4. The van der Waals surface area contributed by atoms with Gasteiger partial charge in [-0.15, -0.1) is 0 Å². The Morgan fingerprint density at radius 3 is 1.67 bits per heavy atom. The molecule has 3 aromatic carbocycles. The topological polar surface area (TPSA) is 49.4 Å². The molecule has 0 heterocycles. The van der Waals surface area contributed by atoms with E-state index in [1.807, 2.05) is 45.0 Å². The third kappa shape index (κ3) is 6.27. The molecule has 0 aromatic heterocycles. The fourth-order valence-corrected chi connectivity index (χ4v) is 4.33. The molecule has 5 heteroatoms. The van der Waals surface area contributed by atoms with Crippen molar-refractivity contribution in [2.75, 3.05) is 0 Å². The average Bonchev–Trinajstić information content (AvgIpc) is 2.74. The van der Waals surface area contributed by atoms with E-state index < -0.39 is 5.97 Å². The van der Waals surface area contributed by atoms with Crippen molar-refractivity contribution in [2.45, 2.75) is 80.1 Å². The summed E-state index contributed by atoms with van der Waals surface area (Å²) in [5, 5.41) is 14.0. The van der Waals surface area contributed by atoms with Crippen LogP contribution >= 0.6 is 0 Å². The third-order valence-corrected chi connectivity index (χ3v) is 6.67. The number of ether oxygens (including phenoxy) is 1. The van der Waals surface area contributed by atoms with E-state index in [9.17, 15) is 9.90 Å². The Hall–Kier alpha value is -2.01. The molecule has 36 heavy (non-hydrogen) atoms. The first kappa shape index (κ1) is 32.0. The van der Waals surface area contributed by atoms with Gasteiger partial charge < -0.3 is 22.3 Å². The maximum atomic E-state index is 14.0. The van der Waals surface area contributed by atoms with E-state index >= 15 is 0 Å². The second-order valence-electron chi connectivity index (χ2n) is 11.4. The van der Waals surface area contributed by atoms with E-state index in [0.29, 0.717) is 16.9 Å². The summed E-state index contributed by atoms with van der Waals surface area (Å²) < 4.78 is 6.18. The zero-order valence-corrected chi connectivity index (χ0v) is 25.5. The van der Waals surface area contributed by atoms with Crippen LogP contribution < -0.4 is 22.3 Å². The summed E-state index contributed by atoms with van der Waals surface area (Å²) in [6.45, 7) is 20.6. The molecule has 0 fully saturated rings. The molecular weight excluding hydrogens is 480 g/mol. The van der Waals surface area contributed by atoms with Crippen molar-refractivity contribution < 1.29 is 27.0 Å². The fraction of sp³-hybridized carbons (Fsp3) is 0.387. The van der Waals surface area contributed by atoms with E-state index in [-0.39, 0.29) is 52.0 Å². The van der Waals surface area contributed by atoms with Crippen LogP contribution in [0.3, 0.4) is 0 Å². The quantitative estimate of drug-likeness (QED) is 0.299. The molecule has 0 aliphatic carbocycles. The molecule has 0 N–H and O–H groups in total. The van der Waals surface area contributed by atoms with Crippen LogP contribution in [0.15, 0.2) is 42.5 Å². The van der Waals surface area contributed by atoms with E-state index in [2.05, 4.69) is 54.5 Å². The summed E-state index contributed by atoms with van der Waals surface area (Å²) in [5.74, 6) is 0.0562. The van der Waals surface area contributed by atoms with Gasteiger partial charge in [-0.2, -0.15) is 0 Å². The van der Waals surface area contributed by atoms with Gasteiger partial charge >= 0.3 is 29.0 Å². The maximum Gasteiger partial charge on any atom is 2.00 e. The number of carbonyl (C=O) groups excluding carboxylic acids is 1. The van der Waals surface area contributed by atoms with Crippen LogP contribution in [-0.2, 0) is 10.8 Å². The van der Waals surface area contributed by atoms with Crippen LogP contribution in [0.25, 0.3) is 11.1 Å². The van der Waals surface area contributed by atoms with Crippen molar-refractivity contribution in [1.29, 1.82) is 0 Å². The summed E-state index contributed by atoms with van der Waals surface area (Å²) >= 11 is 0. The molecule has 0 saturated carbocycles. The standard InChI is InChI=1S/C31H38O3.ClH.Mg/c1-18-16-23(30(5,6)7)27(32)25(20(18)3)26-21(4)19(2)17-24(31(8,9)10)28(26)34-29(33)22-14-12-11-13-15-22;;/h11-17,32H,1-10H3;1H;/q;;+2/p-2. The van der Waals surface area contributed by atoms with Crippen molar-refractivity contribution in [3.8, 4) is 22.6 Å². The van der Waals surface area contributed by atoms with E-state index in [1.54, 1.807) is 12.1 Å². The van der Waals surface area contributed by atoms with Crippen LogP contribution in [0.4, 0.5) is 0 Å². The zero-order chi connectivity index (χ0) is 25.6. The number of carbonyl (C=O) groups is 1. The third-order valence-electron chi connectivity index (χ3n) is 6.67. The van der Waals surface area contributed by atoms with Gasteiger partial charge in [0.2, 0.25) is 0 Å². The van der Waals surface area contributed by atoms with Crippen molar-refractivity contribution in [3.63, 3.8) is 0 Å². The molecule has 188 valence electrons. The Kier molecular flexibility index (Phi) is 10.3. The van der Waals surface area contributed by atoms with Crippen LogP contribution in [0.2, 0.25) is 0 Å². The number of rotatable bonds is 3. The van der Waals surface area contributed by atoms with Crippen molar-refractivity contribution in [1.82, 2.24) is 0 Å². The predicted octanol–water partition coefficient (Wildman–Crippen LogP) is 4.10. The van der Waals surface area contributed by atoms with E-state index in [0.717, 1.165) is 38.9 Å². The Morgan fingerprint density at radius 2 is 1.19 bits per heavy atom. The molecule has 0 saturated heterocycles. The minimum absolute atomic E-state index is 0. The normalized spacial score (nSPS) is 11.4. The number of hydrogen-bond acceptors (Lipinski definition) is 3. The van der Waals surface area contributed by atoms with Crippen molar-refractivity contribution >= 4 is 29.0 Å². The number of esters is 1. The average molecular weight is 517 g/mol. The summed E-state index contributed by atoms with van der Waals surface area (Å²) in [7, 11) is 0. The molecule has 0 aliphatic heterocycles. The largest absolute Gasteiger partial charge is 2.00 e. The molecule has 0 aliphatic rings. The molecule has 0 spiro atoms. The first-order valence-corrected chi connectivity index (χ1v) is 11.9. The minimum atomic E-state index is -0.426. The minimum Gasteiger partial charge on any atom is -1.00 e. The summed E-state index contributed by atoms with van der Waals surface area (Å²) in [4.78, 5) is 13.2. The van der Waals surface area contributed by atoms with Crippen molar-refractivity contribution in [3.05, 3.63) is 81.4 Å². The Labute approximate surface area is 239 Å². The van der Waals surface area contributed by atoms with Crippen LogP contribution in [0.5, 0.6) is 11.5 Å². The Balaban J connectivity index is 0.00000324. The molecule has 0 bridgehead atoms. The number of halogens is 1. The van der Waals surface area contributed by atoms with Gasteiger partial charge in [-0.25, -0.2) is 4.79 Å². The first-order valence-electron chi connectivity index (χ1n) is 11.9. The molecular formula is C31H37ClMgO3. The summed E-state index contributed by atoms with van der Waals surface area (Å²) in [6.07, 6.45) is 0. The van der Waals surface area contributed by atoms with Gasteiger partial charge in [0.05, 0.1) is 5.56 Å². The Bertz CT molecular complexity index is 1250. The zero-order valence-electron chi connectivity index (χ0n) is 23.4. The van der Waals surface area contributed by atoms with Gasteiger partial charge in [0.1, 0.15) is 5.75 Å². The number of benzene rings is 3. The monoisotopic (exact) mass is 516 g/mol. The van der Waals surface area contributed by atoms with Crippen LogP contribution in [-0.4, -0.2) is 29.0 Å². The maximum absolute atomic E-state index is 14.0. The van der Waals surface area contributed by atoms with Gasteiger partial charge in [0.25, 0.3) is 0 Å². The molecule has 0 amide bonds. The molecule has 3 rings (SSSR count).